The van der Waals surface area contributed by atoms with Crippen LogP contribution in [0.4, 0.5) is 25.8 Å². The van der Waals surface area contributed by atoms with Gasteiger partial charge in [-0.3, -0.25) is 0 Å². The summed E-state index contributed by atoms with van der Waals surface area (Å²) in [5, 5.41) is 7.68. The Balaban J connectivity index is 2.33. The molecule has 0 atom stereocenters. The lowest BCUT2D eigenvalue weighted by atomic mass is 10.2. The Morgan fingerprint density at radius 1 is 0.950 bits per heavy atom. The molecule has 0 amide bonds. The molecule has 106 valence electrons. The van der Waals surface area contributed by atoms with E-state index in [1.54, 1.807) is 0 Å². The first-order valence-electron chi connectivity index (χ1n) is 5.41. The Morgan fingerprint density at radius 2 is 1.55 bits per heavy atom. The van der Waals surface area contributed by atoms with Crippen molar-refractivity contribution in [2.45, 2.75) is 4.90 Å². The predicted molar refractivity (Wildman–Crippen MR) is 71.9 cm³/mol. The van der Waals surface area contributed by atoms with Gasteiger partial charge in [0.15, 0.2) is 0 Å². The third-order valence-electron chi connectivity index (χ3n) is 2.47. The molecule has 2 rings (SSSR count). The van der Waals surface area contributed by atoms with E-state index in [0.717, 1.165) is 18.2 Å². The highest BCUT2D eigenvalue weighted by Gasteiger charge is 2.12. The smallest absolute Gasteiger partial charge is 0.240 e. The highest BCUT2D eigenvalue weighted by molar-refractivity contribution is 7.89. The van der Waals surface area contributed by atoms with E-state index in [1.165, 1.54) is 18.2 Å². The van der Waals surface area contributed by atoms with Crippen molar-refractivity contribution < 1.29 is 17.2 Å². The minimum Gasteiger partial charge on any atom is -0.398 e. The fourth-order valence-corrected chi connectivity index (χ4v) is 2.32. The number of sulfonamides is 1. The number of nitrogens with two attached hydrogens (primary N) is 2. The molecule has 0 aliphatic carbocycles. The molecule has 0 bridgehead atoms. The van der Waals surface area contributed by atoms with E-state index in [2.05, 4.69) is 5.32 Å². The summed E-state index contributed by atoms with van der Waals surface area (Å²) in [6.07, 6.45) is 0. The monoisotopic (exact) mass is 299 g/mol. The molecule has 0 saturated carbocycles. The van der Waals surface area contributed by atoms with Gasteiger partial charge in [-0.2, -0.15) is 0 Å². The minimum absolute atomic E-state index is 0.0608. The molecule has 0 saturated heterocycles. The van der Waals surface area contributed by atoms with E-state index < -0.39 is 21.7 Å². The van der Waals surface area contributed by atoms with E-state index in [4.69, 9.17) is 10.9 Å². The van der Waals surface area contributed by atoms with E-state index in [1.807, 2.05) is 0 Å². The average molecular weight is 299 g/mol. The molecule has 0 radical (unpaired) electrons. The fraction of sp³-hybridized carbons (Fsp3) is 0. The summed E-state index contributed by atoms with van der Waals surface area (Å²) in [4.78, 5) is -0.214. The van der Waals surface area contributed by atoms with Crippen LogP contribution in [0.3, 0.4) is 0 Å². The molecule has 2 aromatic carbocycles. The summed E-state index contributed by atoms with van der Waals surface area (Å²) in [5.74, 6) is -1.47. The summed E-state index contributed by atoms with van der Waals surface area (Å²) < 4.78 is 48.4. The van der Waals surface area contributed by atoms with Crippen LogP contribution in [0.1, 0.15) is 0 Å². The number of primary sulfonamides is 1. The molecular weight excluding hydrogens is 288 g/mol. The summed E-state index contributed by atoms with van der Waals surface area (Å²) in [6, 6.07) is 6.83. The topological polar surface area (TPSA) is 98.2 Å². The Morgan fingerprint density at radius 3 is 2.05 bits per heavy atom. The van der Waals surface area contributed by atoms with Gasteiger partial charge in [0.1, 0.15) is 16.5 Å². The zero-order valence-electron chi connectivity index (χ0n) is 10.1. The van der Waals surface area contributed by atoms with Crippen molar-refractivity contribution in [3.63, 3.8) is 0 Å². The van der Waals surface area contributed by atoms with Crippen molar-refractivity contribution in [2.24, 2.45) is 5.14 Å². The number of rotatable bonds is 3. The van der Waals surface area contributed by atoms with Gasteiger partial charge in [0.2, 0.25) is 10.0 Å². The lowest BCUT2D eigenvalue weighted by Crippen LogP contribution is -2.14. The number of nitrogen functional groups attached to an aromatic ring is 1. The minimum atomic E-state index is -3.91. The van der Waals surface area contributed by atoms with Crippen molar-refractivity contribution in [3.05, 3.63) is 48.0 Å². The van der Waals surface area contributed by atoms with Crippen LogP contribution in [-0.4, -0.2) is 8.42 Å². The number of nitrogens with one attached hydrogen (secondary N) is 1. The van der Waals surface area contributed by atoms with Crippen LogP contribution in [0.5, 0.6) is 0 Å². The highest BCUT2D eigenvalue weighted by Crippen LogP contribution is 2.24. The lowest BCUT2D eigenvalue weighted by molar-refractivity contribution is 0.584. The van der Waals surface area contributed by atoms with Gasteiger partial charge in [-0.05, 0) is 30.3 Å². The standard InChI is InChI=1S/C12H11F2N3O2S/c13-7-3-8(14)5-10(4-7)17-9-1-2-12(11(15)6-9)20(16,18)19/h1-6,17H,15H2,(H2,16,18,19). The first kappa shape index (κ1) is 14.2. The third-order valence-corrected chi connectivity index (χ3v) is 3.45. The normalized spacial score (nSPS) is 11.3. The molecule has 20 heavy (non-hydrogen) atoms. The average Bonchev–Trinajstić information content (AvgIpc) is 2.25. The molecule has 2 aromatic rings. The van der Waals surface area contributed by atoms with Gasteiger partial charge in [0, 0.05) is 17.4 Å². The third kappa shape index (κ3) is 3.22. The Labute approximate surface area is 114 Å². The largest absolute Gasteiger partial charge is 0.398 e. The molecule has 0 aliphatic rings. The fourth-order valence-electron chi connectivity index (χ4n) is 1.68. The second-order valence-electron chi connectivity index (χ2n) is 4.08. The van der Waals surface area contributed by atoms with Gasteiger partial charge < -0.3 is 11.1 Å². The SMILES string of the molecule is Nc1cc(Nc2cc(F)cc(F)c2)ccc1S(N)(=O)=O. The van der Waals surface area contributed by atoms with E-state index in [0.29, 0.717) is 5.69 Å². The van der Waals surface area contributed by atoms with Gasteiger partial charge in [-0.15, -0.1) is 0 Å². The summed E-state index contributed by atoms with van der Waals surface area (Å²) in [5.41, 5.74) is 6.06. The summed E-state index contributed by atoms with van der Waals surface area (Å²) >= 11 is 0. The molecule has 0 spiro atoms. The molecule has 0 unspecified atom stereocenters. The van der Waals surface area contributed by atoms with Crippen molar-refractivity contribution in [1.82, 2.24) is 0 Å². The van der Waals surface area contributed by atoms with Gasteiger partial charge in [-0.25, -0.2) is 22.3 Å². The number of halogens is 2. The van der Waals surface area contributed by atoms with Crippen LogP contribution in [-0.2, 0) is 10.0 Å². The molecule has 8 heteroatoms. The van der Waals surface area contributed by atoms with Crippen LogP contribution >= 0.6 is 0 Å². The van der Waals surface area contributed by atoms with Gasteiger partial charge in [0.05, 0.1) is 5.69 Å². The summed E-state index contributed by atoms with van der Waals surface area (Å²) in [7, 11) is -3.91. The van der Waals surface area contributed by atoms with E-state index in [-0.39, 0.29) is 16.3 Å². The number of hydrogen-bond donors (Lipinski definition) is 3. The Hall–Kier alpha value is -2.19. The molecule has 5 N–H and O–H groups in total. The number of benzene rings is 2. The van der Waals surface area contributed by atoms with Crippen LogP contribution in [0, 0.1) is 11.6 Å². The van der Waals surface area contributed by atoms with Crippen LogP contribution in [0.15, 0.2) is 41.3 Å². The summed E-state index contributed by atoms with van der Waals surface area (Å²) in [6.45, 7) is 0. The van der Waals surface area contributed by atoms with Gasteiger partial charge >= 0.3 is 0 Å². The highest BCUT2D eigenvalue weighted by atomic mass is 32.2. The lowest BCUT2D eigenvalue weighted by Gasteiger charge is -2.09. The zero-order valence-corrected chi connectivity index (χ0v) is 10.9. The first-order valence-corrected chi connectivity index (χ1v) is 6.96. The van der Waals surface area contributed by atoms with Gasteiger partial charge in [0.25, 0.3) is 0 Å². The molecular formula is C12H11F2N3O2S. The van der Waals surface area contributed by atoms with Crippen LogP contribution in [0.2, 0.25) is 0 Å². The molecule has 0 heterocycles. The Bertz CT molecular complexity index is 743. The van der Waals surface area contributed by atoms with Crippen molar-refractivity contribution in [1.29, 1.82) is 0 Å². The maximum absolute atomic E-state index is 13.0. The maximum Gasteiger partial charge on any atom is 0.240 e. The molecule has 0 fully saturated rings. The number of anilines is 3. The number of hydrogen-bond acceptors (Lipinski definition) is 4. The van der Waals surface area contributed by atoms with E-state index >= 15 is 0 Å². The second kappa shape index (κ2) is 5.06. The Kier molecular flexibility index (Phi) is 3.60. The first-order chi connectivity index (χ1) is 9.25. The van der Waals surface area contributed by atoms with E-state index in [9.17, 15) is 17.2 Å². The van der Waals surface area contributed by atoms with Crippen molar-refractivity contribution >= 4 is 27.1 Å². The van der Waals surface area contributed by atoms with Crippen LogP contribution < -0.4 is 16.2 Å². The molecule has 5 nitrogen and oxygen atoms in total. The molecule has 0 aromatic heterocycles. The van der Waals surface area contributed by atoms with Crippen molar-refractivity contribution in [3.8, 4) is 0 Å². The second-order valence-corrected chi connectivity index (χ2v) is 5.61. The van der Waals surface area contributed by atoms with Crippen molar-refractivity contribution in [2.75, 3.05) is 11.1 Å². The predicted octanol–water partition coefficient (Wildman–Crippen LogP) is 1.94. The van der Waals surface area contributed by atoms with Gasteiger partial charge in [-0.1, -0.05) is 0 Å². The maximum atomic E-state index is 13.0. The zero-order chi connectivity index (χ0) is 14.9. The quantitative estimate of drug-likeness (QED) is 0.754. The van der Waals surface area contributed by atoms with Crippen LogP contribution in [0.25, 0.3) is 0 Å². The molecule has 0 aliphatic heterocycles.